The summed E-state index contributed by atoms with van der Waals surface area (Å²) in [5.41, 5.74) is 1.15. The van der Waals surface area contributed by atoms with Crippen LogP contribution in [0.1, 0.15) is 48.1 Å². The van der Waals surface area contributed by atoms with Gasteiger partial charge in [-0.1, -0.05) is 0 Å². The number of nitrogens with zero attached hydrogens (tertiary/aromatic N) is 2. The van der Waals surface area contributed by atoms with Gasteiger partial charge < -0.3 is 5.32 Å². The average Bonchev–Trinajstić information content (AvgIpc) is 3.36. The first-order chi connectivity index (χ1) is 14.1. The van der Waals surface area contributed by atoms with E-state index in [1.165, 1.54) is 10.9 Å². The normalized spacial score (nSPS) is 26.5. The summed E-state index contributed by atoms with van der Waals surface area (Å²) in [5.74, 6) is -1.15. The number of halogens is 2. The number of carbonyl (C=O) groups is 1. The van der Waals surface area contributed by atoms with E-state index in [1.54, 1.807) is 16.3 Å². The predicted molar refractivity (Wildman–Crippen MR) is 109 cm³/mol. The highest BCUT2D eigenvalue weighted by Gasteiger charge is 2.51. The molecule has 1 aromatic carbocycles. The summed E-state index contributed by atoms with van der Waals surface area (Å²) in [6, 6.07) is 5.51. The van der Waals surface area contributed by atoms with Gasteiger partial charge in [-0.15, -0.1) is 11.3 Å². The number of thiophene rings is 1. The molecule has 3 heterocycles. The van der Waals surface area contributed by atoms with Crippen LogP contribution in [-0.4, -0.2) is 29.7 Å². The van der Waals surface area contributed by atoms with Crippen molar-refractivity contribution in [2.24, 2.45) is 11.0 Å². The monoisotopic (exact) mass is 415 g/mol. The lowest BCUT2D eigenvalue weighted by atomic mass is 9.76. The molecule has 0 saturated carbocycles. The van der Waals surface area contributed by atoms with Gasteiger partial charge in [0.25, 0.3) is 0 Å². The molecule has 1 spiro atoms. The number of amides is 1. The van der Waals surface area contributed by atoms with Crippen LogP contribution in [0.25, 0.3) is 0 Å². The number of benzene rings is 1. The second kappa shape index (κ2) is 7.29. The SMILES string of the molecule is O=C(C1CCCNC1)N1N=C(c2cc(F)ccc2F)CC12CCCc1sccc12. The molecule has 152 valence electrons. The standard InChI is InChI=1S/C22H23F2N3OS/c23-15-5-6-18(24)16(11-15)19-12-22(8-1-4-20-17(22)7-10-29-20)27(26-19)21(28)14-3-2-9-25-13-14/h5-7,10-11,14,25H,1-4,8-9,12-13H2. The summed E-state index contributed by atoms with van der Waals surface area (Å²) in [4.78, 5) is 14.8. The van der Waals surface area contributed by atoms with Crippen LogP contribution in [0.4, 0.5) is 8.78 Å². The highest BCUT2D eigenvalue weighted by atomic mass is 32.1. The average molecular weight is 416 g/mol. The van der Waals surface area contributed by atoms with Crippen LogP contribution in [0.15, 0.2) is 34.7 Å². The highest BCUT2D eigenvalue weighted by Crippen LogP contribution is 2.49. The predicted octanol–water partition coefficient (Wildman–Crippen LogP) is 4.19. The van der Waals surface area contributed by atoms with Crippen molar-refractivity contribution in [3.63, 3.8) is 0 Å². The molecule has 1 N–H and O–H groups in total. The van der Waals surface area contributed by atoms with Gasteiger partial charge in [-0.05, 0) is 73.9 Å². The Morgan fingerprint density at radius 1 is 1.28 bits per heavy atom. The molecular formula is C22H23F2N3OS. The van der Waals surface area contributed by atoms with E-state index in [-0.39, 0.29) is 17.4 Å². The van der Waals surface area contributed by atoms with Gasteiger partial charge in [0.2, 0.25) is 5.91 Å². The molecule has 2 unspecified atom stereocenters. The van der Waals surface area contributed by atoms with Gasteiger partial charge >= 0.3 is 0 Å². The van der Waals surface area contributed by atoms with Gasteiger partial charge in [0.05, 0.1) is 17.2 Å². The Hall–Kier alpha value is -2.12. The van der Waals surface area contributed by atoms with E-state index >= 15 is 0 Å². The Labute approximate surface area is 172 Å². The Kier molecular flexibility index (Phi) is 4.75. The first-order valence-corrected chi connectivity index (χ1v) is 11.1. The molecule has 0 bridgehead atoms. The van der Waals surface area contributed by atoms with E-state index in [2.05, 4.69) is 21.9 Å². The summed E-state index contributed by atoms with van der Waals surface area (Å²) in [5, 5.41) is 11.7. The number of carbonyl (C=O) groups excluding carboxylic acids is 1. The van der Waals surface area contributed by atoms with Crippen molar-refractivity contribution in [3.8, 4) is 0 Å². The minimum absolute atomic E-state index is 0.0111. The van der Waals surface area contributed by atoms with Crippen molar-refractivity contribution >= 4 is 23.0 Å². The number of hydrazone groups is 1. The Balaban J connectivity index is 1.60. The number of fused-ring (bicyclic) bond motifs is 2. The lowest BCUT2D eigenvalue weighted by Crippen LogP contribution is -2.50. The third kappa shape index (κ3) is 3.11. The smallest absolute Gasteiger partial charge is 0.247 e. The second-order valence-corrected chi connectivity index (χ2v) is 9.18. The number of aryl methyl sites for hydroxylation is 1. The highest BCUT2D eigenvalue weighted by molar-refractivity contribution is 7.10. The van der Waals surface area contributed by atoms with E-state index in [4.69, 9.17) is 0 Å². The van der Waals surface area contributed by atoms with Gasteiger partial charge in [-0.2, -0.15) is 5.10 Å². The molecule has 1 aliphatic carbocycles. The molecule has 5 rings (SSSR count). The third-order valence-electron chi connectivity index (χ3n) is 6.42. The Bertz CT molecular complexity index is 982. The third-order valence-corrected chi connectivity index (χ3v) is 7.40. The molecule has 1 aromatic heterocycles. The number of hydrogen-bond acceptors (Lipinski definition) is 4. The fraction of sp³-hybridized carbons (Fsp3) is 0.455. The van der Waals surface area contributed by atoms with Crippen molar-refractivity contribution in [1.82, 2.24) is 10.3 Å². The van der Waals surface area contributed by atoms with Crippen LogP contribution in [0.3, 0.4) is 0 Å². The molecule has 2 atom stereocenters. The maximum Gasteiger partial charge on any atom is 0.247 e. The Morgan fingerprint density at radius 2 is 2.17 bits per heavy atom. The van der Waals surface area contributed by atoms with Crippen molar-refractivity contribution in [2.75, 3.05) is 13.1 Å². The van der Waals surface area contributed by atoms with Gasteiger partial charge in [-0.25, -0.2) is 13.8 Å². The van der Waals surface area contributed by atoms with Crippen molar-refractivity contribution < 1.29 is 13.6 Å². The summed E-state index contributed by atoms with van der Waals surface area (Å²) in [6.07, 6.45) is 4.93. The number of nitrogens with one attached hydrogen (secondary N) is 1. The molecule has 7 heteroatoms. The number of hydrogen-bond donors (Lipinski definition) is 1. The number of rotatable bonds is 2. The molecule has 29 heavy (non-hydrogen) atoms. The van der Waals surface area contributed by atoms with E-state index in [1.807, 2.05) is 0 Å². The topological polar surface area (TPSA) is 44.7 Å². The molecule has 0 radical (unpaired) electrons. The molecule has 3 aliphatic rings. The molecule has 4 nitrogen and oxygen atoms in total. The summed E-state index contributed by atoms with van der Waals surface area (Å²) >= 11 is 1.70. The van der Waals surface area contributed by atoms with Crippen LogP contribution in [0, 0.1) is 17.6 Å². The van der Waals surface area contributed by atoms with Gasteiger partial charge in [0, 0.05) is 23.4 Å². The Morgan fingerprint density at radius 3 is 3.00 bits per heavy atom. The fourth-order valence-corrected chi connectivity index (χ4v) is 6.01. The van der Waals surface area contributed by atoms with E-state index in [9.17, 15) is 13.6 Å². The zero-order valence-electron chi connectivity index (χ0n) is 16.1. The minimum atomic E-state index is -0.587. The van der Waals surface area contributed by atoms with E-state index in [0.717, 1.165) is 56.3 Å². The van der Waals surface area contributed by atoms with Crippen LogP contribution in [-0.2, 0) is 16.8 Å². The molecule has 1 fully saturated rings. The zero-order valence-corrected chi connectivity index (χ0v) is 16.9. The minimum Gasteiger partial charge on any atom is -0.316 e. The largest absolute Gasteiger partial charge is 0.316 e. The summed E-state index contributed by atoms with van der Waals surface area (Å²) in [6.45, 7) is 1.56. The van der Waals surface area contributed by atoms with Crippen molar-refractivity contribution in [3.05, 3.63) is 57.3 Å². The van der Waals surface area contributed by atoms with Gasteiger partial charge in [-0.3, -0.25) is 4.79 Å². The molecule has 2 aliphatic heterocycles. The van der Waals surface area contributed by atoms with E-state index < -0.39 is 17.2 Å². The first kappa shape index (κ1) is 18.9. The van der Waals surface area contributed by atoms with Crippen molar-refractivity contribution in [1.29, 1.82) is 0 Å². The molecular weight excluding hydrogens is 392 g/mol. The number of piperidine rings is 1. The summed E-state index contributed by atoms with van der Waals surface area (Å²) in [7, 11) is 0. The van der Waals surface area contributed by atoms with Crippen molar-refractivity contribution in [2.45, 2.75) is 44.1 Å². The van der Waals surface area contributed by atoms with Crippen LogP contribution >= 0.6 is 11.3 Å². The zero-order chi connectivity index (χ0) is 20.0. The van der Waals surface area contributed by atoms with Gasteiger partial charge in [0.15, 0.2) is 0 Å². The summed E-state index contributed by atoms with van der Waals surface area (Å²) < 4.78 is 28.4. The second-order valence-electron chi connectivity index (χ2n) is 8.18. The maximum atomic E-state index is 14.5. The molecule has 2 aromatic rings. The lowest BCUT2D eigenvalue weighted by molar-refractivity contribution is -0.142. The van der Waals surface area contributed by atoms with Crippen LogP contribution in [0.5, 0.6) is 0 Å². The van der Waals surface area contributed by atoms with E-state index in [0.29, 0.717) is 18.7 Å². The first-order valence-electron chi connectivity index (χ1n) is 10.2. The molecule has 1 amide bonds. The molecule has 1 saturated heterocycles. The maximum absolute atomic E-state index is 14.5. The quantitative estimate of drug-likeness (QED) is 0.799. The van der Waals surface area contributed by atoms with Crippen LogP contribution < -0.4 is 5.32 Å². The fourth-order valence-electron chi connectivity index (χ4n) is 5.00. The lowest BCUT2D eigenvalue weighted by Gasteiger charge is -2.41. The van der Waals surface area contributed by atoms with Crippen LogP contribution in [0.2, 0.25) is 0 Å². The van der Waals surface area contributed by atoms with Gasteiger partial charge in [0.1, 0.15) is 11.6 Å².